The van der Waals surface area contributed by atoms with Gasteiger partial charge >= 0.3 is 17.9 Å². The van der Waals surface area contributed by atoms with Crippen molar-refractivity contribution in [1.82, 2.24) is 0 Å². The highest BCUT2D eigenvalue weighted by Gasteiger charge is 2.73. The molecule has 0 N–H and O–H groups in total. The quantitative estimate of drug-likeness (QED) is 0.444. The molecule has 3 aliphatic rings. The van der Waals surface area contributed by atoms with E-state index in [9.17, 15) is 14.4 Å². The molecule has 0 spiro atoms. The second-order valence-corrected chi connectivity index (χ2v) is 8.03. The minimum Gasteiger partial charge on any atom is -0.461 e. The predicted molar refractivity (Wildman–Crippen MR) is 83.6 cm³/mol. The summed E-state index contributed by atoms with van der Waals surface area (Å²) in [5.41, 5.74) is -0.0725. The molecule has 2 bridgehead atoms. The first-order valence-electron chi connectivity index (χ1n) is 8.29. The summed E-state index contributed by atoms with van der Waals surface area (Å²) < 4.78 is 16.0. The van der Waals surface area contributed by atoms with Crippen LogP contribution < -0.4 is 0 Å². The first-order chi connectivity index (χ1) is 11.1. The van der Waals surface area contributed by atoms with Gasteiger partial charge in [0, 0.05) is 22.8 Å². The fourth-order valence-corrected chi connectivity index (χ4v) is 5.01. The van der Waals surface area contributed by atoms with Crippen molar-refractivity contribution in [3.8, 4) is 0 Å². The van der Waals surface area contributed by atoms with E-state index >= 15 is 0 Å². The van der Waals surface area contributed by atoms with Gasteiger partial charge in [0.1, 0.15) is 12.2 Å². The summed E-state index contributed by atoms with van der Waals surface area (Å²) in [6, 6.07) is 0. The number of carbonyl (C=O) groups excluding carboxylic acids is 3. The standard InChI is InChI=1S/C18H24O6/c1-9(2)16(21)22-8-13(20)23-11-7-18(5)15-10(6-12(19)24-15)14(11)17(18,3)4/h10-11,14-15H,1,6-8H2,2-5H3. The molecule has 132 valence electrons. The summed E-state index contributed by atoms with van der Waals surface area (Å²) in [5, 5.41) is 0. The van der Waals surface area contributed by atoms with Crippen molar-refractivity contribution in [2.24, 2.45) is 22.7 Å². The van der Waals surface area contributed by atoms with Crippen molar-refractivity contribution >= 4 is 17.9 Å². The lowest BCUT2D eigenvalue weighted by atomic mass is 9.70. The van der Waals surface area contributed by atoms with Gasteiger partial charge in [-0.15, -0.1) is 0 Å². The number of hydrogen-bond donors (Lipinski definition) is 0. The smallest absolute Gasteiger partial charge is 0.344 e. The highest BCUT2D eigenvalue weighted by molar-refractivity contribution is 5.88. The van der Waals surface area contributed by atoms with E-state index in [0.717, 1.165) is 0 Å². The zero-order valence-electron chi connectivity index (χ0n) is 14.6. The lowest BCUT2D eigenvalue weighted by molar-refractivity contribution is -0.165. The minimum absolute atomic E-state index is 0.0692. The third-order valence-corrected chi connectivity index (χ3v) is 6.42. The predicted octanol–water partition coefficient (Wildman–Crippen LogP) is 2.02. The molecule has 0 aromatic rings. The van der Waals surface area contributed by atoms with Gasteiger partial charge in [0.05, 0.1) is 6.42 Å². The number of fused-ring (bicyclic) bond motifs is 5. The van der Waals surface area contributed by atoms with Gasteiger partial charge in [-0.1, -0.05) is 27.4 Å². The number of esters is 3. The van der Waals surface area contributed by atoms with E-state index in [1.165, 1.54) is 6.92 Å². The van der Waals surface area contributed by atoms with Crippen LogP contribution in [0.25, 0.3) is 0 Å². The SMILES string of the molecule is C=C(C)C(=O)OCC(=O)OC1CC2(C)C3OC(=O)CC3C1C2(C)C. The van der Waals surface area contributed by atoms with E-state index in [1.807, 2.05) is 0 Å². The summed E-state index contributed by atoms with van der Waals surface area (Å²) in [6.45, 7) is 11.0. The molecule has 2 saturated carbocycles. The molecule has 5 unspecified atom stereocenters. The van der Waals surface area contributed by atoms with E-state index in [4.69, 9.17) is 14.2 Å². The van der Waals surface area contributed by atoms with Gasteiger partial charge in [-0.3, -0.25) is 4.79 Å². The molecule has 3 fully saturated rings. The van der Waals surface area contributed by atoms with Crippen LogP contribution >= 0.6 is 0 Å². The molecular weight excluding hydrogens is 312 g/mol. The average Bonchev–Trinajstić information content (AvgIpc) is 2.98. The normalized spacial score (nSPS) is 38.4. The van der Waals surface area contributed by atoms with Crippen molar-refractivity contribution in [1.29, 1.82) is 0 Å². The van der Waals surface area contributed by atoms with Crippen LogP contribution in [0.4, 0.5) is 0 Å². The highest BCUT2D eigenvalue weighted by atomic mass is 16.6. The van der Waals surface area contributed by atoms with Crippen molar-refractivity contribution < 1.29 is 28.6 Å². The van der Waals surface area contributed by atoms with Crippen LogP contribution in [-0.4, -0.2) is 36.7 Å². The second-order valence-electron chi connectivity index (χ2n) is 8.03. The molecule has 1 heterocycles. The molecule has 1 saturated heterocycles. The Balaban J connectivity index is 1.69. The van der Waals surface area contributed by atoms with Gasteiger partial charge in [-0.2, -0.15) is 0 Å². The van der Waals surface area contributed by atoms with Gasteiger partial charge < -0.3 is 14.2 Å². The monoisotopic (exact) mass is 336 g/mol. The van der Waals surface area contributed by atoms with Crippen LogP contribution in [0.5, 0.6) is 0 Å². The number of ether oxygens (including phenoxy) is 3. The van der Waals surface area contributed by atoms with Crippen LogP contribution in [0.15, 0.2) is 12.2 Å². The summed E-state index contributed by atoms with van der Waals surface area (Å²) in [4.78, 5) is 35.1. The van der Waals surface area contributed by atoms with Crippen LogP contribution in [0.1, 0.15) is 40.5 Å². The van der Waals surface area contributed by atoms with E-state index < -0.39 is 18.5 Å². The Hall–Kier alpha value is -1.85. The summed E-state index contributed by atoms with van der Waals surface area (Å²) in [6.07, 6.45) is 0.657. The lowest BCUT2D eigenvalue weighted by Gasteiger charge is -2.37. The van der Waals surface area contributed by atoms with Crippen LogP contribution in [0, 0.1) is 22.7 Å². The van der Waals surface area contributed by atoms with Crippen LogP contribution in [0.3, 0.4) is 0 Å². The third kappa shape index (κ3) is 2.26. The van der Waals surface area contributed by atoms with Gasteiger partial charge in [0.2, 0.25) is 0 Å². The molecule has 24 heavy (non-hydrogen) atoms. The summed E-state index contributed by atoms with van der Waals surface area (Å²) >= 11 is 0. The van der Waals surface area contributed by atoms with Crippen molar-refractivity contribution in [2.45, 2.75) is 52.7 Å². The minimum atomic E-state index is -0.609. The molecule has 6 heteroatoms. The van der Waals surface area contributed by atoms with Crippen molar-refractivity contribution in [2.75, 3.05) is 6.61 Å². The Morgan fingerprint density at radius 2 is 2.00 bits per heavy atom. The maximum atomic E-state index is 12.0. The zero-order chi connectivity index (χ0) is 17.9. The van der Waals surface area contributed by atoms with Gasteiger partial charge in [0.25, 0.3) is 0 Å². The first-order valence-corrected chi connectivity index (χ1v) is 8.29. The number of rotatable bonds is 4. The topological polar surface area (TPSA) is 78.9 Å². The Kier molecular flexibility index (Phi) is 3.77. The Labute approximate surface area is 141 Å². The molecule has 2 aliphatic carbocycles. The fraction of sp³-hybridized carbons (Fsp3) is 0.722. The third-order valence-electron chi connectivity index (χ3n) is 6.42. The van der Waals surface area contributed by atoms with Crippen LogP contribution in [0.2, 0.25) is 0 Å². The van der Waals surface area contributed by atoms with Crippen LogP contribution in [-0.2, 0) is 28.6 Å². The molecule has 0 aromatic carbocycles. The summed E-state index contributed by atoms with van der Waals surface area (Å²) in [7, 11) is 0. The fourth-order valence-electron chi connectivity index (χ4n) is 5.01. The number of hydrogen-bond acceptors (Lipinski definition) is 6. The molecular formula is C18H24O6. The molecule has 3 rings (SSSR count). The Bertz CT molecular complexity index is 621. The number of carbonyl (C=O) groups is 3. The maximum absolute atomic E-state index is 12.0. The molecule has 0 radical (unpaired) electrons. The molecule has 6 nitrogen and oxygen atoms in total. The van der Waals surface area contributed by atoms with E-state index in [1.54, 1.807) is 0 Å². The van der Waals surface area contributed by atoms with Crippen molar-refractivity contribution in [3.05, 3.63) is 12.2 Å². The zero-order valence-corrected chi connectivity index (χ0v) is 14.6. The Morgan fingerprint density at radius 3 is 2.62 bits per heavy atom. The second kappa shape index (κ2) is 5.33. The van der Waals surface area contributed by atoms with Gasteiger partial charge in [0.15, 0.2) is 6.61 Å². The maximum Gasteiger partial charge on any atom is 0.344 e. The van der Waals surface area contributed by atoms with E-state index in [2.05, 4.69) is 27.4 Å². The molecule has 5 atom stereocenters. The largest absolute Gasteiger partial charge is 0.461 e. The molecule has 1 aliphatic heterocycles. The lowest BCUT2D eigenvalue weighted by Crippen LogP contribution is -2.40. The molecule has 0 amide bonds. The summed E-state index contributed by atoms with van der Waals surface area (Å²) in [5.74, 6) is -1.19. The van der Waals surface area contributed by atoms with Crippen molar-refractivity contribution in [3.63, 3.8) is 0 Å². The average molecular weight is 336 g/mol. The van der Waals surface area contributed by atoms with Gasteiger partial charge in [-0.05, 0) is 18.8 Å². The van der Waals surface area contributed by atoms with E-state index in [-0.39, 0.29) is 46.4 Å². The van der Waals surface area contributed by atoms with Gasteiger partial charge in [-0.25, -0.2) is 9.59 Å². The molecule has 0 aromatic heterocycles. The first kappa shape index (κ1) is 17.0. The van der Waals surface area contributed by atoms with E-state index in [0.29, 0.717) is 12.8 Å². The Morgan fingerprint density at radius 1 is 1.33 bits per heavy atom. The highest BCUT2D eigenvalue weighted by Crippen LogP contribution is 2.71.